The second kappa shape index (κ2) is 7.82. The zero-order valence-corrected chi connectivity index (χ0v) is 13.3. The van der Waals surface area contributed by atoms with Crippen molar-refractivity contribution in [1.29, 1.82) is 0 Å². The quantitative estimate of drug-likeness (QED) is 0.871. The van der Waals surface area contributed by atoms with Crippen LogP contribution in [0.5, 0.6) is 0 Å². The topological polar surface area (TPSA) is 61.4 Å². The molecule has 2 N–H and O–H groups in total. The van der Waals surface area contributed by atoms with Gasteiger partial charge in [0.15, 0.2) is 0 Å². The third kappa shape index (κ3) is 5.06. The number of hydrogen-bond acceptors (Lipinski definition) is 2. The third-order valence-electron chi connectivity index (χ3n) is 3.79. The molecule has 0 aromatic heterocycles. The molecule has 1 aliphatic rings. The highest BCUT2D eigenvalue weighted by Gasteiger charge is 2.26. The van der Waals surface area contributed by atoms with E-state index < -0.39 is 0 Å². The lowest BCUT2D eigenvalue weighted by atomic mass is 9.99. The van der Waals surface area contributed by atoms with Crippen molar-refractivity contribution >= 4 is 11.9 Å². The lowest BCUT2D eigenvalue weighted by Crippen LogP contribution is -2.44. The molecule has 0 unspecified atom stereocenters. The van der Waals surface area contributed by atoms with Gasteiger partial charge >= 0.3 is 6.03 Å². The molecule has 5 nitrogen and oxygen atoms in total. The predicted octanol–water partition coefficient (Wildman–Crippen LogP) is 1.79. The number of amides is 3. The van der Waals surface area contributed by atoms with Crippen LogP contribution in [-0.2, 0) is 11.2 Å². The Hall–Kier alpha value is -2.04. The molecule has 1 aromatic carbocycles. The molecule has 22 heavy (non-hydrogen) atoms. The molecular formula is C17H25N3O2. The fourth-order valence-electron chi connectivity index (χ4n) is 2.77. The van der Waals surface area contributed by atoms with Crippen molar-refractivity contribution in [2.45, 2.75) is 32.7 Å². The van der Waals surface area contributed by atoms with E-state index in [1.165, 1.54) is 5.56 Å². The number of rotatable bonds is 5. The molecule has 0 aliphatic carbocycles. The lowest BCUT2D eigenvalue weighted by molar-refractivity contribution is -0.120. The Morgan fingerprint density at radius 3 is 2.68 bits per heavy atom. The van der Waals surface area contributed by atoms with E-state index in [1.54, 1.807) is 4.90 Å². The second-order valence-electron chi connectivity index (χ2n) is 6.17. The fraction of sp³-hybridized carbons (Fsp3) is 0.529. The molecule has 1 aromatic rings. The standard InChI is InChI=1S/C17H25N3O2/c1-13(2)19-16(21)11-18-17(22)20-9-8-15(12-20)10-14-6-4-3-5-7-14/h3-7,13,15H,8-12H2,1-2H3,(H,18,22)(H,19,21)/t15-/m0/s1. The number of likely N-dealkylation sites (tertiary alicyclic amines) is 1. The minimum Gasteiger partial charge on any atom is -0.352 e. The van der Waals surface area contributed by atoms with Gasteiger partial charge in [0.25, 0.3) is 0 Å². The number of carbonyl (C=O) groups excluding carboxylic acids is 2. The summed E-state index contributed by atoms with van der Waals surface area (Å²) in [6.07, 6.45) is 2.01. The first kappa shape index (κ1) is 16.3. The maximum Gasteiger partial charge on any atom is 0.317 e. The molecule has 1 heterocycles. The van der Waals surface area contributed by atoms with Crippen LogP contribution in [0.15, 0.2) is 30.3 Å². The fourth-order valence-corrected chi connectivity index (χ4v) is 2.77. The monoisotopic (exact) mass is 303 g/mol. The second-order valence-corrected chi connectivity index (χ2v) is 6.17. The SMILES string of the molecule is CC(C)NC(=O)CNC(=O)N1CC[C@@H](Cc2ccccc2)C1. The highest BCUT2D eigenvalue weighted by atomic mass is 16.2. The summed E-state index contributed by atoms with van der Waals surface area (Å²) in [5, 5.41) is 5.45. The van der Waals surface area contributed by atoms with Crippen molar-refractivity contribution in [2.24, 2.45) is 5.92 Å². The van der Waals surface area contributed by atoms with Gasteiger partial charge in [-0.2, -0.15) is 0 Å². The predicted molar refractivity (Wildman–Crippen MR) is 86.5 cm³/mol. The molecule has 1 atom stereocenters. The van der Waals surface area contributed by atoms with Gasteiger partial charge in [-0.15, -0.1) is 0 Å². The molecule has 0 saturated carbocycles. The first-order chi connectivity index (χ1) is 10.5. The molecule has 1 aliphatic heterocycles. The average molecular weight is 303 g/mol. The largest absolute Gasteiger partial charge is 0.352 e. The minimum absolute atomic E-state index is 0.0386. The smallest absolute Gasteiger partial charge is 0.317 e. The zero-order chi connectivity index (χ0) is 15.9. The van der Waals surface area contributed by atoms with Gasteiger partial charge in [0, 0.05) is 19.1 Å². The van der Waals surface area contributed by atoms with Crippen molar-refractivity contribution in [3.63, 3.8) is 0 Å². The van der Waals surface area contributed by atoms with E-state index in [0.717, 1.165) is 25.9 Å². The molecule has 5 heteroatoms. The summed E-state index contributed by atoms with van der Waals surface area (Å²) in [4.78, 5) is 25.4. The molecule has 0 radical (unpaired) electrons. The molecule has 0 spiro atoms. The molecule has 3 amide bonds. The van der Waals surface area contributed by atoms with Crippen LogP contribution in [0.3, 0.4) is 0 Å². The summed E-state index contributed by atoms with van der Waals surface area (Å²) < 4.78 is 0. The van der Waals surface area contributed by atoms with E-state index in [-0.39, 0.29) is 24.5 Å². The normalized spacial score (nSPS) is 17.6. The Morgan fingerprint density at radius 2 is 2.00 bits per heavy atom. The Balaban J connectivity index is 1.73. The summed E-state index contributed by atoms with van der Waals surface area (Å²) in [6.45, 7) is 5.35. The van der Waals surface area contributed by atoms with Gasteiger partial charge in [-0.05, 0) is 38.2 Å². The van der Waals surface area contributed by atoms with Crippen molar-refractivity contribution in [1.82, 2.24) is 15.5 Å². The van der Waals surface area contributed by atoms with Crippen LogP contribution in [0.2, 0.25) is 0 Å². The van der Waals surface area contributed by atoms with Crippen molar-refractivity contribution < 1.29 is 9.59 Å². The van der Waals surface area contributed by atoms with Crippen LogP contribution in [0.4, 0.5) is 4.79 Å². The van der Waals surface area contributed by atoms with E-state index in [2.05, 4.69) is 22.8 Å². The van der Waals surface area contributed by atoms with E-state index >= 15 is 0 Å². The number of carbonyl (C=O) groups is 2. The number of urea groups is 1. The van der Waals surface area contributed by atoms with Crippen LogP contribution < -0.4 is 10.6 Å². The average Bonchev–Trinajstić information content (AvgIpc) is 2.94. The summed E-state index contributed by atoms with van der Waals surface area (Å²) in [5.41, 5.74) is 1.31. The molecule has 2 rings (SSSR count). The van der Waals surface area contributed by atoms with Crippen LogP contribution in [0.25, 0.3) is 0 Å². The minimum atomic E-state index is -0.150. The molecule has 0 bridgehead atoms. The first-order valence-corrected chi connectivity index (χ1v) is 7.90. The summed E-state index contributed by atoms with van der Waals surface area (Å²) in [5.74, 6) is 0.348. The summed E-state index contributed by atoms with van der Waals surface area (Å²) >= 11 is 0. The van der Waals surface area contributed by atoms with Gasteiger partial charge in [0.1, 0.15) is 0 Å². The third-order valence-corrected chi connectivity index (χ3v) is 3.79. The summed E-state index contributed by atoms with van der Waals surface area (Å²) in [6, 6.07) is 10.3. The van der Waals surface area contributed by atoms with Crippen LogP contribution >= 0.6 is 0 Å². The van der Waals surface area contributed by atoms with Gasteiger partial charge in [-0.3, -0.25) is 4.79 Å². The zero-order valence-electron chi connectivity index (χ0n) is 13.3. The summed E-state index contributed by atoms with van der Waals surface area (Å²) in [7, 11) is 0. The molecular weight excluding hydrogens is 278 g/mol. The maximum absolute atomic E-state index is 12.1. The molecule has 1 saturated heterocycles. The van der Waals surface area contributed by atoms with E-state index in [1.807, 2.05) is 32.0 Å². The van der Waals surface area contributed by atoms with Crippen LogP contribution in [0.1, 0.15) is 25.8 Å². The van der Waals surface area contributed by atoms with Gasteiger partial charge in [-0.25, -0.2) is 4.79 Å². The van der Waals surface area contributed by atoms with Crippen LogP contribution in [-0.4, -0.2) is 42.5 Å². The number of nitrogens with one attached hydrogen (secondary N) is 2. The van der Waals surface area contributed by atoms with Gasteiger partial charge in [0.2, 0.25) is 5.91 Å². The van der Waals surface area contributed by atoms with Crippen molar-refractivity contribution in [2.75, 3.05) is 19.6 Å². The van der Waals surface area contributed by atoms with Crippen molar-refractivity contribution in [3.05, 3.63) is 35.9 Å². The number of benzene rings is 1. The van der Waals surface area contributed by atoms with E-state index in [4.69, 9.17) is 0 Å². The van der Waals surface area contributed by atoms with Crippen LogP contribution in [0, 0.1) is 5.92 Å². The van der Waals surface area contributed by atoms with Gasteiger partial charge in [-0.1, -0.05) is 30.3 Å². The number of nitrogens with zero attached hydrogens (tertiary/aromatic N) is 1. The molecule has 1 fully saturated rings. The Morgan fingerprint density at radius 1 is 1.27 bits per heavy atom. The highest BCUT2D eigenvalue weighted by molar-refractivity contribution is 5.84. The number of hydrogen-bond donors (Lipinski definition) is 2. The lowest BCUT2D eigenvalue weighted by Gasteiger charge is -2.17. The van der Waals surface area contributed by atoms with E-state index in [9.17, 15) is 9.59 Å². The maximum atomic E-state index is 12.1. The Bertz CT molecular complexity index is 502. The van der Waals surface area contributed by atoms with Gasteiger partial charge in [0.05, 0.1) is 6.54 Å². The molecule has 120 valence electrons. The first-order valence-electron chi connectivity index (χ1n) is 7.90. The highest BCUT2D eigenvalue weighted by Crippen LogP contribution is 2.20. The Kier molecular flexibility index (Phi) is 5.81. The van der Waals surface area contributed by atoms with Crippen molar-refractivity contribution in [3.8, 4) is 0 Å². The van der Waals surface area contributed by atoms with Gasteiger partial charge < -0.3 is 15.5 Å². The van der Waals surface area contributed by atoms with E-state index in [0.29, 0.717) is 5.92 Å². The Labute approximate surface area is 132 Å².